The highest BCUT2D eigenvalue weighted by atomic mass is 35.5. The van der Waals surface area contributed by atoms with Crippen molar-refractivity contribution in [2.24, 2.45) is 5.92 Å². The third-order valence-electron chi connectivity index (χ3n) is 4.56. The predicted octanol–water partition coefficient (Wildman–Crippen LogP) is 3.91. The molecule has 1 atom stereocenters. The number of hydrogen-bond acceptors (Lipinski definition) is 4. The molecule has 1 amide bonds. The quantitative estimate of drug-likeness (QED) is 0.764. The monoisotopic (exact) mass is 391 g/mol. The molecule has 140 valence electrons. The van der Waals surface area contributed by atoms with Gasteiger partial charge in [-0.15, -0.1) is 0 Å². The number of halogens is 2. The lowest BCUT2D eigenvalue weighted by atomic mass is 10.1. The Labute approximate surface area is 152 Å². The topological polar surface area (TPSA) is 72.5 Å². The van der Waals surface area contributed by atoms with E-state index >= 15 is 0 Å². The zero-order valence-corrected chi connectivity index (χ0v) is 15.9. The number of amides is 1. The number of hydrogen-bond donors (Lipinski definition) is 1. The van der Waals surface area contributed by atoms with Crippen LogP contribution >= 0.6 is 11.6 Å². The van der Waals surface area contributed by atoms with Crippen LogP contribution in [0.15, 0.2) is 12.1 Å². The van der Waals surface area contributed by atoms with Crippen molar-refractivity contribution in [1.29, 1.82) is 0 Å². The number of carbonyl (C=O) groups excluding carboxylic acids is 1. The molecule has 1 saturated carbocycles. The Hall–Kier alpha value is -1.34. The molecule has 1 aromatic carbocycles. The molecule has 5 nitrogen and oxygen atoms in total. The highest BCUT2D eigenvalue weighted by molar-refractivity contribution is 7.90. The van der Waals surface area contributed by atoms with Gasteiger partial charge in [0.2, 0.25) is 10.0 Å². The Morgan fingerprint density at radius 1 is 1.40 bits per heavy atom. The van der Waals surface area contributed by atoms with Gasteiger partial charge < -0.3 is 4.74 Å². The van der Waals surface area contributed by atoms with Gasteiger partial charge >= 0.3 is 0 Å². The number of rotatable bonds is 7. The van der Waals surface area contributed by atoms with Crippen molar-refractivity contribution in [2.45, 2.75) is 51.2 Å². The van der Waals surface area contributed by atoms with E-state index in [2.05, 4.69) is 0 Å². The first kappa shape index (κ1) is 20.0. The van der Waals surface area contributed by atoms with Crippen LogP contribution in [0.25, 0.3) is 0 Å². The Bertz CT molecular complexity index is 732. The van der Waals surface area contributed by atoms with E-state index in [1.807, 2.05) is 4.72 Å². The maximum atomic E-state index is 14.2. The predicted molar refractivity (Wildman–Crippen MR) is 95.0 cm³/mol. The average molecular weight is 392 g/mol. The fraction of sp³-hybridized carbons (Fsp3) is 0.588. The second-order valence-corrected chi connectivity index (χ2v) is 8.93. The first-order valence-electron chi connectivity index (χ1n) is 8.42. The van der Waals surface area contributed by atoms with E-state index in [0.717, 1.165) is 25.0 Å². The molecular formula is C17H23ClFNO4S. The summed E-state index contributed by atoms with van der Waals surface area (Å²) in [5, 5.41) is -0.686. The SMILES string of the molecule is CC[C@@H](C)S(=O)(=O)NC(=O)c1cc(Cl)c(OCC2CCCC2)cc1F. The van der Waals surface area contributed by atoms with Crippen molar-refractivity contribution in [3.05, 3.63) is 28.5 Å². The Kier molecular flexibility index (Phi) is 6.68. The molecule has 0 heterocycles. The first-order chi connectivity index (χ1) is 11.7. The summed E-state index contributed by atoms with van der Waals surface area (Å²) in [6, 6.07) is 2.13. The van der Waals surface area contributed by atoms with Gasteiger partial charge in [0.05, 0.1) is 22.4 Å². The summed E-state index contributed by atoms with van der Waals surface area (Å²) in [5.74, 6) is -1.32. The summed E-state index contributed by atoms with van der Waals surface area (Å²) in [6.45, 7) is 3.61. The number of benzene rings is 1. The first-order valence-corrected chi connectivity index (χ1v) is 10.3. The van der Waals surface area contributed by atoms with E-state index in [1.54, 1.807) is 6.92 Å². The third-order valence-corrected chi connectivity index (χ3v) is 6.71. The van der Waals surface area contributed by atoms with E-state index in [0.29, 0.717) is 18.9 Å². The lowest BCUT2D eigenvalue weighted by Crippen LogP contribution is -2.37. The highest BCUT2D eigenvalue weighted by Crippen LogP contribution is 2.31. The molecule has 8 heteroatoms. The largest absolute Gasteiger partial charge is 0.492 e. The molecule has 0 bridgehead atoms. The Morgan fingerprint density at radius 2 is 2.04 bits per heavy atom. The van der Waals surface area contributed by atoms with Crippen molar-refractivity contribution in [3.63, 3.8) is 0 Å². The van der Waals surface area contributed by atoms with E-state index in [-0.39, 0.29) is 10.8 Å². The van der Waals surface area contributed by atoms with Gasteiger partial charge in [0, 0.05) is 6.07 Å². The molecule has 2 rings (SSSR count). The van der Waals surface area contributed by atoms with Crippen LogP contribution in [-0.4, -0.2) is 26.2 Å². The van der Waals surface area contributed by atoms with Gasteiger partial charge in [0.1, 0.15) is 11.6 Å². The van der Waals surface area contributed by atoms with Crippen molar-refractivity contribution in [2.75, 3.05) is 6.61 Å². The highest BCUT2D eigenvalue weighted by Gasteiger charge is 2.25. The standard InChI is InChI=1S/C17H23ClFNO4S/c1-3-11(2)25(22,23)20-17(21)13-8-14(18)16(9-15(13)19)24-10-12-6-4-5-7-12/h8-9,11-12H,3-7,10H2,1-2H3,(H,20,21)/t11-/m1/s1. The lowest BCUT2D eigenvalue weighted by Gasteiger charge is -2.15. The second-order valence-electron chi connectivity index (χ2n) is 6.42. The summed E-state index contributed by atoms with van der Waals surface area (Å²) in [6.07, 6.45) is 4.82. The number of ether oxygens (including phenoxy) is 1. The van der Waals surface area contributed by atoms with Gasteiger partial charge in [-0.05, 0) is 38.2 Å². The fourth-order valence-corrected chi connectivity index (χ4v) is 3.93. The number of sulfonamides is 1. The van der Waals surface area contributed by atoms with Crippen molar-refractivity contribution >= 4 is 27.5 Å². The van der Waals surface area contributed by atoms with Crippen LogP contribution in [0.1, 0.15) is 56.3 Å². The average Bonchev–Trinajstić information content (AvgIpc) is 3.07. The molecule has 0 saturated heterocycles. The van der Waals surface area contributed by atoms with Crippen LogP contribution in [0.3, 0.4) is 0 Å². The molecule has 25 heavy (non-hydrogen) atoms. The Balaban J connectivity index is 2.11. The smallest absolute Gasteiger partial charge is 0.267 e. The van der Waals surface area contributed by atoms with E-state index in [9.17, 15) is 17.6 Å². The molecule has 1 fully saturated rings. The van der Waals surface area contributed by atoms with Gasteiger partial charge in [-0.25, -0.2) is 17.5 Å². The third kappa shape index (κ3) is 5.07. The minimum Gasteiger partial charge on any atom is -0.492 e. The molecule has 1 aliphatic rings. The Morgan fingerprint density at radius 3 is 2.64 bits per heavy atom. The number of nitrogens with one attached hydrogen (secondary N) is 1. The fourth-order valence-electron chi connectivity index (χ4n) is 2.70. The van der Waals surface area contributed by atoms with Crippen LogP contribution in [-0.2, 0) is 10.0 Å². The molecule has 0 radical (unpaired) electrons. The maximum Gasteiger partial charge on any atom is 0.267 e. The van der Waals surface area contributed by atoms with Crippen LogP contribution in [0.4, 0.5) is 4.39 Å². The minimum atomic E-state index is -3.86. The van der Waals surface area contributed by atoms with Crippen molar-refractivity contribution in [1.82, 2.24) is 4.72 Å². The molecule has 0 aromatic heterocycles. The van der Waals surface area contributed by atoms with E-state index in [4.69, 9.17) is 16.3 Å². The number of carbonyl (C=O) groups is 1. The van der Waals surface area contributed by atoms with Crippen LogP contribution in [0.2, 0.25) is 5.02 Å². The molecule has 1 aliphatic carbocycles. The van der Waals surface area contributed by atoms with Gasteiger partial charge in [-0.2, -0.15) is 0 Å². The minimum absolute atomic E-state index is 0.0745. The van der Waals surface area contributed by atoms with Gasteiger partial charge in [0.15, 0.2) is 0 Å². The summed E-state index contributed by atoms with van der Waals surface area (Å²) < 4.78 is 45.6. The van der Waals surface area contributed by atoms with E-state index < -0.39 is 32.6 Å². The van der Waals surface area contributed by atoms with Crippen LogP contribution in [0, 0.1) is 11.7 Å². The molecule has 0 aliphatic heterocycles. The molecule has 1 N–H and O–H groups in total. The van der Waals surface area contributed by atoms with Crippen LogP contribution < -0.4 is 9.46 Å². The maximum absolute atomic E-state index is 14.2. The van der Waals surface area contributed by atoms with Gasteiger partial charge in [0.25, 0.3) is 5.91 Å². The molecular weight excluding hydrogens is 369 g/mol. The summed E-state index contributed by atoms with van der Waals surface area (Å²) in [7, 11) is -3.86. The molecule has 0 spiro atoms. The van der Waals surface area contributed by atoms with Gasteiger partial charge in [-0.1, -0.05) is 31.4 Å². The molecule has 0 unspecified atom stereocenters. The summed E-state index contributed by atoms with van der Waals surface area (Å²) in [4.78, 5) is 12.1. The molecule has 1 aromatic rings. The summed E-state index contributed by atoms with van der Waals surface area (Å²) in [5.41, 5.74) is -0.426. The van der Waals surface area contributed by atoms with Crippen molar-refractivity contribution in [3.8, 4) is 5.75 Å². The lowest BCUT2D eigenvalue weighted by molar-refractivity contribution is 0.0977. The van der Waals surface area contributed by atoms with Crippen molar-refractivity contribution < 1.29 is 22.3 Å². The summed E-state index contributed by atoms with van der Waals surface area (Å²) >= 11 is 6.07. The normalized spacial score (nSPS) is 16.6. The zero-order chi connectivity index (χ0) is 18.6. The van der Waals surface area contributed by atoms with Gasteiger partial charge in [-0.3, -0.25) is 4.79 Å². The van der Waals surface area contributed by atoms with Crippen LogP contribution in [0.5, 0.6) is 5.75 Å². The zero-order valence-electron chi connectivity index (χ0n) is 14.3. The van der Waals surface area contributed by atoms with E-state index in [1.165, 1.54) is 19.8 Å². The second kappa shape index (κ2) is 8.36.